The van der Waals surface area contributed by atoms with Crippen LogP contribution in [0.5, 0.6) is 0 Å². The summed E-state index contributed by atoms with van der Waals surface area (Å²) in [5.74, 6) is -0.936. The molecule has 0 aromatic heterocycles. The summed E-state index contributed by atoms with van der Waals surface area (Å²) >= 11 is 0. The van der Waals surface area contributed by atoms with Crippen LogP contribution in [0.25, 0.3) is 0 Å². The highest BCUT2D eigenvalue weighted by Gasteiger charge is 2.19. The van der Waals surface area contributed by atoms with Gasteiger partial charge in [0.05, 0.1) is 0 Å². The van der Waals surface area contributed by atoms with Crippen LogP contribution in [0, 0.1) is 0 Å². The third-order valence-corrected chi connectivity index (χ3v) is 12.6. The molecule has 6 heteroatoms. The highest BCUT2D eigenvalue weighted by Crippen LogP contribution is 2.14. The lowest BCUT2D eigenvalue weighted by molar-refractivity contribution is -0.167. The van der Waals surface area contributed by atoms with Crippen molar-refractivity contribution in [2.45, 2.75) is 271 Å². The number of unbranched alkanes of at least 4 members (excludes halogenated alkanes) is 21. The van der Waals surface area contributed by atoms with E-state index in [0.29, 0.717) is 19.3 Å². The maximum absolute atomic E-state index is 12.8. The Morgan fingerprint density at radius 3 is 0.880 bits per heavy atom. The molecule has 1 unspecified atom stereocenters. The lowest BCUT2D eigenvalue weighted by Gasteiger charge is -2.18. The van der Waals surface area contributed by atoms with Crippen LogP contribution in [0.15, 0.2) is 134 Å². The van der Waals surface area contributed by atoms with E-state index < -0.39 is 6.10 Å². The number of allylic oxidation sites excluding steroid dienone is 22. The lowest BCUT2D eigenvalue weighted by Crippen LogP contribution is -2.30. The van der Waals surface area contributed by atoms with Crippen molar-refractivity contribution in [2.24, 2.45) is 0 Å². The maximum atomic E-state index is 12.8. The molecule has 0 amide bonds. The highest BCUT2D eigenvalue weighted by molar-refractivity contribution is 5.71. The molecule has 424 valence electrons. The third kappa shape index (κ3) is 60.3. The number of hydrogen-bond donors (Lipinski definition) is 0. The zero-order valence-electron chi connectivity index (χ0n) is 48.5. The fourth-order valence-corrected chi connectivity index (χ4v) is 8.02. The first-order valence-corrected chi connectivity index (χ1v) is 30.7. The van der Waals surface area contributed by atoms with Gasteiger partial charge in [-0.05, 0) is 135 Å². The van der Waals surface area contributed by atoms with Gasteiger partial charge in [-0.3, -0.25) is 14.4 Å². The molecule has 0 saturated carbocycles. The first-order chi connectivity index (χ1) is 37.0. The van der Waals surface area contributed by atoms with Crippen molar-refractivity contribution in [2.75, 3.05) is 13.2 Å². The van der Waals surface area contributed by atoms with Gasteiger partial charge in [0.25, 0.3) is 0 Å². The Kier molecular flexibility index (Phi) is 58.4. The Balaban J connectivity index is 4.31. The summed E-state index contributed by atoms with van der Waals surface area (Å²) in [7, 11) is 0. The summed E-state index contributed by atoms with van der Waals surface area (Å²) in [6.45, 7) is 6.41. The molecule has 0 aromatic carbocycles. The molecule has 0 rings (SSSR count). The van der Waals surface area contributed by atoms with Crippen molar-refractivity contribution in [3.63, 3.8) is 0 Å². The standard InChI is InChI=1S/C69H112O6/c1-4-7-10-13-16-19-22-25-26-27-28-29-30-31-32-33-34-35-36-37-38-39-40-41-42-45-47-50-53-56-59-62-68(71)74-65-66(75-69(72)63-60-57-54-51-48-44-24-21-18-15-12-9-6-3)64-73-67(70)61-58-55-52-49-46-43-23-20-17-14-11-8-5-2/h7,10,12,15-16,19-21,23-26,28-29,31-32,34-35,37-38,40-41,66H,4-6,8-9,11,13-14,17-18,22,27,30,33,36,39,42-65H2,1-3H3/b10-7-,15-12-,19-16-,23-20-,24-21-,26-25-,29-28-,32-31-,35-34-,38-37-,41-40-. The Morgan fingerprint density at radius 2 is 0.547 bits per heavy atom. The quantitative estimate of drug-likeness (QED) is 0.0261. The predicted octanol–water partition coefficient (Wildman–Crippen LogP) is 21.0. The molecule has 0 aromatic rings. The number of rotatable bonds is 54. The number of hydrogen-bond acceptors (Lipinski definition) is 6. The molecule has 75 heavy (non-hydrogen) atoms. The number of esters is 3. The van der Waals surface area contributed by atoms with Gasteiger partial charge in [-0.15, -0.1) is 0 Å². The molecule has 0 bridgehead atoms. The zero-order chi connectivity index (χ0) is 54.3. The van der Waals surface area contributed by atoms with E-state index in [1.165, 1.54) is 57.8 Å². The molecule has 0 N–H and O–H groups in total. The Bertz CT molecular complexity index is 1620. The van der Waals surface area contributed by atoms with E-state index in [0.717, 1.165) is 167 Å². The summed E-state index contributed by atoms with van der Waals surface area (Å²) in [6, 6.07) is 0. The minimum atomic E-state index is -0.799. The van der Waals surface area contributed by atoms with Crippen molar-refractivity contribution in [3.05, 3.63) is 134 Å². The van der Waals surface area contributed by atoms with Crippen LogP contribution < -0.4 is 0 Å². The average Bonchev–Trinajstić information content (AvgIpc) is 3.41. The fraction of sp³-hybridized carbons (Fsp3) is 0.638. The molecule has 0 aliphatic rings. The molecule has 6 nitrogen and oxygen atoms in total. The van der Waals surface area contributed by atoms with Crippen molar-refractivity contribution in [1.82, 2.24) is 0 Å². The SMILES string of the molecule is CC/C=C\C/C=C\C/C=C\C/C=C\C/C=C\C/C=C\C/C=C\C/C=C\CCCCCCCCC(=O)OCC(COC(=O)CCCCCCC/C=C\CCCCCC)OC(=O)CCCCCCC/C=C\C/C=C\CCC. The van der Waals surface area contributed by atoms with Crippen LogP contribution in [0.3, 0.4) is 0 Å². The molecule has 0 spiro atoms. The summed E-state index contributed by atoms with van der Waals surface area (Å²) in [4.78, 5) is 38.2. The minimum absolute atomic E-state index is 0.0957. The summed E-state index contributed by atoms with van der Waals surface area (Å²) in [5, 5.41) is 0. The Hall–Kier alpha value is -4.45. The van der Waals surface area contributed by atoms with Crippen molar-refractivity contribution in [3.8, 4) is 0 Å². The van der Waals surface area contributed by atoms with E-state index in [1.807, 2.05) is 0 Å². The second-order valence-electron chi connectivity index (χ2n) is 19.9. The van der Waals surface area contributed by atoms with E-state index in [1.54, 1.807) is 0 Å². The van der Waals surface area contributed by atoms with E-state index in [9.17, 15) is 14.4 Å². The van der Waals surface area contributed by atoms with Gasteiger partial charge < -0.3 is 14.2 Å². The molecular weight excluding hydrogens is 925 g/mol. The summed E-state index contributed by atoms with van der Waals surface area (Å²) in [6.07, 6.45) is 87.4. The molecule has 0 saturated heterocycles. The van der Waals surface area contributed by atoms with E-state index >= 15 is 0 Å². The smallest absolute Gasteiger partial charge is 0.306 e. The van der Waals surface area contributed by atoms with Gasteiger partial charge in [-0.1, -0.05) is 244 Å². The average molecular weight is 1040 g/mol. The highest BCUT2D eigenvalue weighted by atomic mass is 16.6. The first kappa shape index (κ1) is 70.5. The van der Waals surface area contributed by atoms with Crippen LogP contribution in [-0.2, 0) is 28.6 Å². The van der Waals surface area contributed by atoms with Crippen molar-refractivity contribution < 1.29 is 28.6 Å². The van der Waals surface area contributed by atoms with Crippen LogP contribution in [0.4, 0.5) is 0 Å². The Labute approximate surface area is 462 Å². The van der Waals surface area contributed by atoms with Crippen LogP contribution in [0.2, 0.25) is 0 Å². The van der Waals surface area contributed by atoms with Gasteiger partial charge in [-0.2, -0.15) is 0 Å². The van der Waals surface area contributed by atoms with E-state index in [4.69, 9.17) is 14.2 Å². The van der Waals surface area contributed by atoms with Gasteiger partial charge in [0.1, 0.15) is 13.2 Å². The molecule has 0 aliphatic carbocycles. The van der Waals surface area contributed by atoms with Gasteiger partial charge in [-0.25, -0.2) is 0 Å². The van der Waals surface area contributed by atoms with E-state index in [-0.39, 0.29) is 31.1 Å². The van der Waals surface area contributed by atoms with Gasteiger partial charge in [0, 0.05) is 19.3 Å². The zero-order valence-corrected chi connectivity index (χ0v) is 48.5. The molecule has 1 atom stereocenters. The number of carbonyl (C=O) groups excluding carboxylic acids is 3. The molecule has 0 heterocycles. The molecule has 0 fully saturated rings. The maximum Gasteiger partial charge on any atom is 0.306 e. The second-order valence-corrected chi connectivity index (χ2v) is 19.9. The Morgan fingerprint density at radius 1 is 0.280 bits per heavy atom. The second kappa shape index (κ2) is 62.1. The van der Waals surface area contributed by atoms with Crippen molar-refractivity contribution >= 4 is 17.9 Å². The van der Waals surface area contributed by atoms with Crippen LogP contribution in [-0.4, -0.2) is 37.2 Å². The minimum Gasteiger partial charge on any atom is -0.462 e. The number of carbonyl (C=O) groups is 3. The first-order valence-electron chi connectivity index (χ1n) is 30.7. The van der Waals surface area contributed by atoms with Gasteiger partial charge in [0.15, 0.2) is 6.10 Å². The molecule has 0 aliphatic heterocycles. The van der Waals surface area contributed by atoms with Crippen molar-refractivity contribution in [1.29, 1.82) is 0 Å². The topological polar surface area (TPSA) is 78.9 Å². The summed E-state index contributed by atoms with van der Waals surface area (Å²) < 4.78 is 16.8. The largest absolute Gasteiger partial charge is 0.462 e. The third-order valence-electron chi connectivity index (χ3n) is 12.6. The lowest BCUT2D eigenvalue weighted by atomic mass is 10.1. The van der Waals surface area contributed by atoms with E-state index in [2.05, 4.69) is 154 Å². The monoisotopic (exact) mass is 1040 g/mol. The normalized spacial score (nSPS) is 13.1. The molecule has 0 radical (unpaired) electrons. The number of ether oxygens (including phenoxy) is 3. The summed E-state index contributed by atoms with van der Waals surface area (Å²) in [5.41, 5.74) is 0. The van der Waals surface area contributed by atoms with Crippen LogP contribution >= 0.6 is 0 Å². The molecular formula is C69H112O6. The fourth-order valence-electron chi connectivity index (χ4n) is 8.02. The van der Waals surface area contributed by atoms with Gasteiger partial charge in [0.2, 0.25) is 0 Å². The van der Waals surface area contributed by atoms with Crippen LogP contribution in [0.1, 0.15) is 265 Å². The predicted molar refractivity (Wildman–Crippen MR) is 325 cm³/mol. The van der Waals surface area contributed by atoms with Gasteiger partial charge >= 0.3 is 17.9 Å².